The Morgan fingerprint density at radius 1 is 0.512 bits per heavy atom. The van der Waals surface area contributed by atoms with Crippen LogP contribution in [-0.4, -0.2) is 19.1 Å². The summed E-state index contributed by atoms with van der Waals surface area (Å²) in [4.78, 5) is 15.3. The maximum atomic E-state index is 7.26. The monoisotopic (exact) mass is 1290 g/mol. The Hall–Kier alpha value is -9.29. The zero-order valence-electron chi connectivity index (χ0n) is 48.8. The molecule has 0 aliphatic carbocycles. The maximum absolute atomic E-state index is 7.26. The molecule has 0 unspecified atom stereocenters. The molecule has 15 rings (SSSR count). The summed E-state index contributed by atoms with van der Waals surface area (Å²) in [7, 11) is 0. The Morgan fingerprint density at radius 2 is 1.13 bits per heavy atom. The van der Waals surface area contributed by atoms with Crippen molar-refractivity contribution < 1.29 is 25.8 Å². The molecule has 2 aliphatic rings. The van der Waals surface area contributed by atoms with E-state index >= 15 is 0 Å². The molecule has 0 N–H and O–H groups in total. The molecule has 10 aromatic carbocycles. The van der Waals surface area contributed by atoms with Crippen LogP contribution in [0.4, 0.5) is 22.7 Å². The van der Waals surface area contributed by atoms with E-state index in [1.165, 1.54) is 27.8 Å². The van der Waals surface area contributed by atoms with Crippen molar-refractivity contribution in [2.75, 3.05) is 9.80 Å². The first-order valence-electron chi connectivity index (χ1n) is 29.9. The predicted octanol–water partition coefficient (Wildman–Crippen LogP) is 20.6. The first kappa shape index (κ1) is 54.6. The topological polar surface area (TPSA) is 51.4 Å². The van der Waals surface area contributed by atoms with Crippen LogP contribution < -0.4 is 14.5 Å². The van der Waals surface area contributed by atoms with Gasteiger partial charge in [-0.05, 0) is 111 Å². The van der Waals surface area contributed by atoms with E-state index in [1.54, 1.807) is 0 Å². The van der Waals surface area contributed by atoms with E-state index in [0.717, 1.165) is 138 Å². The van der Waals surface area contributed by atoms with Gasteiger partial charge in [0.25, 0.3) is 0 Å². The number of aromatic nitrogens is 4. The minimum Gasteiger partial charge on any atom is -0.509 e. The summed E-state index contributed by atoms with van der Waals surface area (Å²) in [5.74, 6) is 3.63. The molecule has 0 bridgehead atoms. The van der Waals surface area contributed by atoms with E-state index < -0.39 is 0 Å². The van der Waals surface area contributed by atoms with E-state index in [9.17, 15) is 0 Å². The average molecular weight is 1300 g/mol. The van der Waals surface area contributed by atoms with Crippen LogP contribution in [0, 0.1) is 25.7 Å². The summed E-state index contributed by atoms with van der Waals surface area (Å²) in [6.45, 7) is 14.6. The molecule has 3 aromatic heterocycles. The normalized spacial score (nSPS) is 13.0. The van der Waals surface area contributed by atoms with Gasteiger partial charge in [-0.25, -0.2) is 9.97 Å². The third kappa shape index (κ3) is 9.59. The van der Waals surface area contributed by atoms with Gasteiger partial charge in [0.1, 0.15) is 11.6 Å². The second kappa shape index (κ2) is 22.6. The molecule has 13 aromatic rings. The molecular weight excluding hydrogens is 1230 g/mol. The Balaban J connectivity index is 0.00000653. The van der Waals surface area contributed by atoms with Gasteiger partial charge in [0.2, 0.25) is 0 Å². The Bertz CT molecular complexity index is 4610. The molecule has 0 saturated carbocycles. The predicted molar refractivity (Wildman–Crippen MR) is 351 cm³/mol. The number of ether oxygens (including phenoxy) is 1. The van der Waals surface area contributed by atoms with Gasteiger partial charge in [0.05, 0.1) is 11.0 Å². The van der Waals surface area contributed by atoms with Crippen LogP contribution in [0.3, 0.4) is 0 Å². The molecule has 0 radical (unpaired) electrons. The summed E-state index contributed by atoms with van der Waals surface area (Å²) in [5.41, 5.74) is 23.2. The van der Waals surface area contributed by atoms with Crippen molar-refractivity contribution in [3.8, 4) is 73.0 Å². The standard InChI is InChI=1S/C78H63N6O.Pt/c1-50(2)60-32-21-33-61(51(3)4)77(60)56-42-57(82-49-83(74-47-72-69(46-73(74)82)80-75-37-19-20-40-81(72)75)78-63(54-25-11-7-12-26-54)34-22-35-64(78)55-27-13-8-14-28-55)44-59(43-56)85-58-38-39-67-66-31-17-18-36-70(66)84(71(67)45-58)76-41-52(5)68(48-79-76)65-30-16-15-29-62(65)53-23-9-6-10-24-53;/h6-18,21-36,38-39,41-43,46-51H,19-20,37,40H2,1-5H3;/q-3;. The number of imidazole rings is 1. The van der Waals surface area contributed by atoms with E-state index in [0.29, 0.717) is 11.5 Å². The van der Waals surface area contributed by atoms with E-state index in [2.05, 4.69) is 285 Å². The van der Waals surface area contributed by atoms with Crippen molar-refractivity contribution in [1.82, 2.24) is 19.1 Å². The average Bonchev–Trinajstić information content (AvgIpc) is 2.08. The largest absolute Gasteiger partial charge is 0.509 e. The van der Waals surface area contributed by atoms with Crippen molar-refractivity contribution in [3.05, 3.63) is 266 Å². The number of hydrogen-bond acceptors (Lipinski definition) is 5. The summed E-state index contributed by atoms with van der Waals surface area (Å²) in [5, 5.41) is 2.18. The van der Waals surface area contributed by atoms with Crippen LogP contribution >= 0.6 is 0 Å². The van der Waals surface area contributed by atoms with Crippen LogP contribution in [-0.2, 0) is 34.0 Å². The summed E-state index contributed by atoms with van der Waals surface area (Å²) in [6.07, 6.45) is 5.27. The number of nitrogens with zero attached hydrogens (tertiary/aromatic N) is 6. The number of para-hydroxylation sites is 2. The SMILES string of the molecule is Cc1cc(-n2c3[c-]c(Oc4[c-]c(N5[CH-]N(c6c(-c7ccccc7)cccc6-c6ccccc6)c6cc7c(cc65)nc5n7CCCC5)cc(-c5c(C(C)C)cccc5C(C)C)c4)ccc3c3ccccc32)ncc1-c1ccccc1-c1ccccc1.[Pt]. The van der Waals surface area contributed by atoms with Gasteiger partial charge >= 0.3 is 0 Å². The van der Waals surface area contributed by atoms with Crippen LogP contribution in [0.15, 0.2) is 225 Å². The van der Waals surface area contributed by atoms with Gasteiger partial charge in [0, 0.05) is 91.0 Å². The van der Waals surface area contributed by atoms with Crippen molar-refractivity contribution in [2.45, 2.75) is 72.3 Å². The fraction of sp³-hybridized carbons (Fsp3) is 0.141. The van der Waals surface area contributed by atoms with Crippen LogP contribution in [0.1, 0.15) is 74.9 Å². The first-order valence-corrected chi connectivity index (χ1v) is 29.9. The quantitative estimate of drug-likeness (QED) is 0.114. The number of anilines is 4. The molecule has 0 atom stereocenters. The smallest absolute Gasteiger partial charge is 0.135 e. The van der Waals surface area contributed by atoms with Gasteiger partial charge in [-0.15, -0.1) is 53.6 Å². The van der Waals surface area contributed by atoms with Crippen LogP contribution in [0.5, 0.6) is 11.5 Å². The molecule has 8 heteroatoms. The zero-order chi connectivity index (χ0) is 57.3. The molecule has 5 heterocycles. The molecule has 2 aliphatic heterocycles. The molecule has 0 fully saturated rings. The molecule has 0 amide bonds. The van der Waals surface area contributed by atoms with Gasteiger partial charge in [-0.1, -0.05) is 203 Å². The maximum Gasteiger partial charge on any atom is 0.135 e. The minimum atomic E-state index is 0. The molecule has 0 saturated heterocycles. The van der Waals surface area contributed by atoms with Crippen molar-refractivity contribution in [3.63, 3.8) is 0 Å². The molecule has 424 valence electrons. The Morgan fingerprint density at radius 3 is 1.81 bits per heavy atom. The molecule has 86 heavy (non-hydrogen) atoms. The Labute approximate surface area is 518 Å². The van der Waals surface area contributed by atoms with Gasteiger partial charge in [-0.2, -0.15) is 6.07 Å². The van der Waals surface area contributed by atoms with E-state index in [1.807, 2.05) is 12.3 Å². The minimum absolute atomic E-state index is 0. The van der Waals surface area contributed by atoms with Crippen molar-refractivity contribution in [1.29, 1.82) is 0 Å². The first-order chi connectivity index (χ1) is 41.7. The second-order valence-corrected chi connectivity index (χ2v) is 23.3. The fourth-order valence-corrected chi connectivity index (χ4v) is 13.3. The summed E-state index contributed by atoms with van der Waals surface area (Å²) < 4.78 is 11.9. The van der Waals surface area contributed by atoms with Gasteiger partial charge in [0.15, 0.2) is 0 Å². The number of fused-ring (bicyclic) bond motifs is 7. The zero-order valence-corrected chi connectivity index (χ0v) is 51.1. The van der Waals surface area contributed by atoms with E-state index in [4.69, 9.17) is 14.7 Å². The number of hydrogen-bond donors (Lipinski definition) is 0. The third-order valence-corrected chi connectivity index (χ3v) is 17.3. The van der Waals surface area contributed by atoms with Gasteiger partial charge in [-0.3, -0.25) is 0 Å². The van der Waals surface area contributed by atoms with E-state index in [-0.39, 0.29) is 32.9 Å². The second-order valence-electron chi connectivity index (χ2n) is 23.3. The summed E-state index contributed by atoms with van der Waals surface area (Å²) in [6, 6.07) is 86.1. The number of rotatable bonds is 12. The van der Waals surface area contributed by atoms with Gasteiger partial charge < -0.3 is 23.7 Å². The molecular formula is C78H63N6OPt-3. The summed E-state index contributed by atoms with van der Waals surface area (Å²) >= 11 is 0. The van der Waals surface area contributed by atoms with Crippen molar-refractivity contribution in [2.24, 2.45) is 0 Å². The van der Waals surface area contributed by atoms with Crippen molar-refractivity contribution >= 4 is 55.6 Å². The third-order valence-electron chi connectivity index (χ3n) is 17.3. The fourth-order valence-electron chi connectivity index (χ4n) is 13.3. The molecule has 0 spiro atoms. The van der Waals surface area contributed by atoms with Crippen LogP contribution in [0.25, 0.3) is 94.3 Å². The number of benzene rings is 10. The number of aryl methyl sites for hydroxylation is 3. The Kier molecular flexibility index (Phi) is 14.4. The van der Waals surface area contributed by atoms with Crippen LogP contribution in [0.2, 0.25) is 0 Å². The molecule has 7 nitrogen and oxygen atoms in total. The number of pyridine rings is 1.